The Kier molecular flexibility index (Phi) is 8.23. The highest BCUT2D eigenvalue weighted by molar-refractivity contribution is 6.09. The molecule has 0 atom stereocenters. The molecule has 0 saturated carbocycles. The highest BCUT2D eigenvalue weighted by Crippen LogP contribution is 2.63. The molecule has 2 heteroatoms. The van der Waals surface area contributed by atoms with Crippen molar-refractivity contribution in [1.29, 1.82) is 0 Å². The summed E-state index contributed by atoms with van der Waals surface area (Å²) < 4.78 is 6.44. The zero-order chi connectivity index (χ0) is 44.1. The Morgan fingerprint density at radius 3 is 1.46 bits per heavy atom. The lowest BCUT2D eigenvalue weighted by Crippen LogP contribution is -2.26. The van der Waals surface area contributed by atoms with Crippen molar-refractivity contribution in [2.24, 2.45) is 0 Å². The third kappa shape index (κ3) is 5.57. The second kappa shape index (κ2) is 14.7. The van der Waals surface area contributed by atoms with Crippen LogP contribution in [0.15, 0.2) is 253 Å². The summed E-state index contributed by atoms with van der Waals surface area (Å²) >= 11 is 0. The van der Waals surface area contributed by atoms with Crippen LogP contribution in [0.2, 0.25) is 0 Å². The van der Waals surface area contributed by atoms with Gasteiger partial charge in [-0.05, 0) is 143 Å². The SMILES string of the molecule is c1ccc(-c2ccc(N(c3ccc(-c4ccc5ccccc5c4-c4ccc5c(c4)oc4ccccc45)cc3)c3ccc4c(c3)C3(c5ccccc5-c5ccccc53)c3ccccc3-4)cc2)cc1. The molecule has 1 aromatic heterocycles. The molecular formula is C65H41NO. The van der Waals surface area contributed by atoms with Crippen LogP contribution in [0.25, 0.3) is 88.3 Å². The van der Waals surface area contributed by atoms with Gasteiger partial charge in [0.2, 0.25) is 0 Å². The Balaban J connectivity index is 0.943. The smallest absolute Gasteiger partial charge is 0.136 e. The van der Waals surface area contributed by atoms with E-state index >= 15 is 0 Å². The number of furan rings is 1. The van der Waals surface area contributed by atoms with E-state index < -0.39 is 5.41 Å². The predicted octanol–water partition coefficient (Wildman–Crippen LogP) is 17.6. The molecule has 2 aliphatic carbocycles. The molecule has 2 nitrogen and oxygen atoms in total. The van der Waals surface area contributed by atoms with Crippen LogP contribution < -0.4 is 4.90 Å². The number of anilines is 3. The van der Waals surface area contributed by atoms with Crippen LogP contribution in [0.4, 0.5) is 17.1 Å². The second-order valence-electron chi connectivity index (χ2n) is 17.9. The molecule has 1 spiro atoms. The van der Waals surface area contributed by atoms with Gasteiger partial charge in [-0.15, -0.1) is 0 Å². The van der Waals surface area contributed by atoms with Crippen molar-refractivity contribution in [1.82, 2.24) is 0 Å². The van der Waals surface area contributed by atoms with Crippen LogP contribution in [-0.2, 0) is 5.41 Å². The van der Waals surface area contributed by atoms with Gasteiger partial charge in [-0.1, -0.05) is 194 Å². The van der Waals surface area contributed by atoms with E-state index in [4.69, 9.17) is 4.42 Å². The van der Waals surface area contributed by atoms with Crippen molar-refractivity contribution in [3.8, 4) is 55.6 Å². The van der Waals surface area contributed by atoms with Gasteiger partial charge in [0, 0.05) is 27.8 Å². The van der Waals surface area contributed by atoms with Gasteiger partial charge >= 0.3 is 0 Å². The third-order valence-electron chi connectivity index (χ3n) is 14.5. The van der Waals surface area contributed by atoms with Gasteiger partial charge in [-0.25, -0.2) is 0 Å². The summed E-state index contributed by atoms with van der Waals surface area (Å²) in [7, 11) is 0. The molecule has 0 aliphatic heterocycles. The van der Waals surface area contributed by atoms with Crippen LogP contribution >= 0.6 is 0 Å². The molecule has 14 rings (SSSR count). The molecule has 0 radical (unpaired) electrons. The molecule has 312 valence electrons. The number of hydrogen-bond acceptors (Lipinski definition) is 2. The predicted molar refractivity (Wildman–Crippen MR) is 279 cm³/mol. The van der Waals surface area contributed by atoms with E-state index in [0.717, 1.165) is 50.1 Å². The fourth-order valence-electron chi connectivity index (χ4n) is 11.6. The van der Waals surface area contributed by atoms with Gasteiger partial charge in [-0.2, -0.15) is 0 Å². The van der Waals surface area contributed by atoms with Gasteiger partial charge in [0.15, 0.2) is 0 Å². The molecule has 0 N–H and O–H groups in total. The van der Waals surface area contributed by atoms with Gasteiger partial charge < -0.3 is 9.32 Å². The molecule has 0 saturated heterocycles. The van der Waals surface area contributed by atoms with Crippen molar-refractivity contribution in [3.63, 3.8) is 0 Å². The summed E-state index contributed by atoms with van der Waals surface area (Å²) in [6.45, 7) is 0. The van der Waals surface area contributed by atoms with Crippen LogP contribution in [0.5, 0.6) is 0 Å². The lowest BCUT2D eigenvalue weighted by molar-refractivity contribution is 0.669. The van der Waals surface area contributed by atoms with Gasteiger partial charge in [0.25, 0.3) is 0 Å². The maximum absolute atomic E-state index is 6.44. The fraction of sp³-hybridized carbons (Fsp3) is 0.0154. The van der Waals surface area contributed by atoms with E-state index in [1.807, 2.05) is 12.1 Å². The summed E-state index contributed by atoms with van der Waals surface area (Å²) in [5, 5.41) is 4.68. The molecule has 1 heterocycles. The normalized spacial score (nSPS) is 12.9. The van der Waals surface area contributed by atoms with Crippen molar-refractivity contribution < 1.29 is 4.42 Å². The first-order chi connectivity index (χ1) is 33.2. The number of fused-ring (bicyclic) bond motifs is 14. The minimum atomic E-state index is -0.445. The Hall–Kier alpha value is -8.72. The number of benzene rings is 11. The van der Waals surface area contributed by atoms with Crippen molar-refractivity contribution in [2.45, 2.75) is 5.41 Å². The second-order valence-corrected chi connectivity index (χ2v) is 17.9. The first-order valence-corrected chi connectivity index (χ1v) is 23.2. The molecule has 0 amide bonds. The van der Waals surface area contributed by atoms with E-state index in [0.29, 0.717) is 0 Å². The fourth-order valence-corrected chi connectivity index (χ4v) is 11.6. The van der Waals surface area contributed by atoms with Crippen LogP contribution in [-0.4, -0.2) is 0 Å². The zero-order valence-electron chi connectivity index (χ0n) is 36.5. The van der Waals surface area contributed by atoms with Gasteiger partial charge in [0.05, 0.1) is 5.41 Å². The number of hydrogen-bond donors (Lipinski definition) is 0. The standard InChI is InChI=1S/C65H41NO/c1-2-14-42(15-3-1)43-26-32-47(33-27-43)66(49-36-39-55-54-20-8-12-24-60(54)65(61(55)41-49)58-22-10-6-18-52(58)53-19-7-11-23-59(53)65)48-34-28-45(29-35-48)51-37-30-44-16-4-5-17-50(44)64(51)46-31-38-57-56-21-9-13-25-62(56)67-63(57)40-46/h1-41H. The molecule has 0 fully saturated rings. The molecular weight excluding hydrogens is 811 g/mol. The first kappa shape index (κ1) is 37.6. The molecule has 0 bridgehead atoms. The monoisotopic (exact) mass is 851 g/mol. The highest BCUT2D eigenvalue weighted by Gasteiger charge is 2.51. The largest absolute Gasteiger partial charge is 0.456 e. The van der Waals surface area contributed by atoms with Gasteiger partial charge in [0.1, 0.15) is 11.2 Å². The molecule has 0 unspecified atom stereocenters. The maximum Gasteiger partial charge on any atom is 0.136 e. The quantitative estimate of drug-likeness (QED) is 0.166. The van der Waals surface area contributed by atoms with E-state index in [-0.39, 0.29) is 0 Å². The van der Waals surface area contributed by atoms with Crippen molar-refractivity contribution >= 4 is 49.8 Å². The molecule has 12 aromatic rings. The highest BCUT2D eigenvalue weighted by atomic mass is 16.3. The Labute approximate surface area is 389 Å². The average molecular weight is 852 g/mol. The van der Waals surface area contributed by atoms with Crippen molar-refractivity contribution in [2.75, 3.05) is 4.90 Å². The van der Waals surface area contributed by atoms with Crippen LogP contribution in [0.3, 0.4) is 0 Å². The number of para-hydroxylation sites is 1. The Bertz CT molecular complexity index is 3850. The summed E-state index contributed by atoms with van der Waals surface area (Å²) in [4.78, 5) is 2.43. The average Bonchev–Trinajstić information content (AvgIpc) is 4.03. The summed E-state index contributed by atoms with van der Waals surface area (Å²) in [5.74, 6) is 0. The lowest BCUT2D eigenvalue weighted by atomic mass is 9.70. The van der Waals surface area contributed by atoms with E-state index in [9.17, 15) is 0 Å². The molecule has 67 heavy (non-hydrogen) atoms. The zero-order valence-corrected chi connectivity index (χ0v) is 36.5. The van der Waals surface area contributed by atoms with Crippen molar-refractivity contribution in [3.05, 3.63) is 271 Å². The Morgan fingerprint density at radius 1 is 0.284 bits per heavy atom. The summed E-state index contributed by atoms with van der Waals surface area (Å²) in [6, 6.07) is 91.3. The summed E-state index contributed by atoms with van der Waals surface area (Å²) in [6.07, 6.45) is 0. The molecule has 11 aromatic carbocycles. The van der Waals surface area contributed by atoms with Crippen LogP contribution in [0.1, 0.15) is 22.3 Å². The van der Waals surface area contributed by atoms with Gasteiger partial charge in [-0.3, -0.25) is 0 Å². The van der Waals surface area contributed by atoms with Crippen LogP contribution in [0, 0.1) is 0 Å². The van der Waals surface area contributed by atoms with E-state index in [1.165, 1.54) is 77.5 Å². The number of nitrogens with zero attached hydrogens (tertiary/aromatic N) is 1. The first-order valence-electron chi connectivity index (χ1n) is 23.2. The minimum absolute atomic E-state index is 0.445. The van der Waals surface area contributed by atoms with E-state index in [2.05, 4.69) is 241 Å². The maximum atomic E-state index is 6.44. The summed E-state index contributed by atoms with van der Waals surface area (Å²) in [5.41, 5.74) is 22.2. The minimum Gasteiger partial charge on any atom is -0.456 e. The number of rotatable bonds is 6. The third-order valence-corrected chi connectivity index (χ3v) is 14.5. The Morgan fingerprint density at radius 2 is 0.776 bits per heavy atom. The topological polar surface area (TPSA) is 16.4 Å². The van der Waals surface area contributed by atoms with E-state index in [1.54, 1.807) is 0 Å². The lowest BCUT2D eigenvalue weighted by Gasteiger charge is -2.32. The molecule has 2 aliphatic rings.